The summed E-state index contributed by atoms with van der Waals surface area (Å²) in [5.74, 6) is -0.741. The number of primary amides is 1. The third-order valence-corrected chi connectivity index (χ3v) is 7.48. The molecule has 28 heavy (non-hydrogen) atoms. The number of hydrogen-bond acceptors (Lipinski definition) is 5. The number of aromatic amines is 1. The fourth-order valence-corrected chi connectivity index (χ4v) is 5.97. The molecule has 2 aromatic rings. The molecule has 1 fully saturated rings. The van der Waals surface area contributed by atoms with E-state index < -0.39 is 15.9 Å². The summed E-state index contributed by atoms with van der Waals surface area (Å²) in [4.78, 5) is 14.7. The molecule has 0 spiro atoms. The van der Waals surface area contributed by atoms with Crippen molar-refractivity contribution in [2.45, 2.75) is 24.7 Å². The minimum Gasteiger partial charge on any atom is -0.364 e. The first kappa shape index (κ1) is 19.1. The normalized spacial score (nSPS) is 23.3. The van der Waals surface area contributed by atoms with Crippen molar-refractivity contribution >= 4 is 50.4 Å². The van der Waals surface area contributed by atoms with E-state index in [0.29, 0.717) is 35.4 Å². The summed E-state index contributed by atoms with van der Waals surface area (Å²) >= 11 is 6.07. The predicted molar refractivity (Wildman–Crippen MR) is 108 cm³/mol. The Kier molecular flexibility index (Phi) is 4.76. The molecule has 8 nitrogen and oxygen atoms in total. The molecule has 1 amide bonds. The van der Waals surface area contributed by atoms with Crippen LogP contribution in [-0.2, 0) is 10.0 Å². The molecule has 1 aromatic heterocycles. The Morgan fingerprint density at radius 1 is 1.39 bits per heavy atom. The molecule has 148 valence electrons. The first-order valence-electron chi connectivity index (χ1n) is 9.01. The lowest BCUT2D eigenvalue weighted by Gasteiger charge is -2.32. The van der Waals surface area contributed by atoms with Crippen LogP contribution in [0.25, 0.3) is 10.9 Å². The van der Waals surface area contributed by atoms with Gasteiger partial charge in [-0.2, -0.15) is 14.5 Å². The number of hydrogen-bond donors (Lipinski definition) is 2. The van der Waals surface area contributed by atoms with Crippen LogP contribution in [0, 0.1) is 11.8 Å². The number of halogens is 1. The van der Waals surface area contributed by atoms with Crippen molar-refractivity contribution in [2.24, 2.45) is 27.8 Å². The van der Waals surface area contributed by atoms with Gasteiger partial charge < -0.3 is 10.7 Å². The van der Waals surface area contributed by atoms with Crippen LogP contribution in [-0.4, -0.2) is 48.6 Å². The molecule has 2 aliphatic rings. The number of fused-ring (bicyclic) bond motifs is 1. The Labute approximate surface area is 167 Å². The predicted octanol–water partition coefficient (Wildman–Crippen LogP) is 2.40. The third-order valence-electron chi connectivity index (χ3n) is 5.29. The first-order chi connectivity index (χ1) is 13.3. The van der Waals surface area contributed by atoms with Crippen LogP contribution in [0.3, 0.4) is 0 Å². The average Bonchev–Trinajstić information content (AvgIpc) is 3.25. The number of carbonyl (C=O) groups is 1. The molecule has 2 aliphatic heterocycles. The molecule has 0 bridgehead atoms. The molecule has 1 saturated heterocycles. The van der Waals surface area contributed by atoms with E-state index in [1.54, 1.807) is 18.3 Å². The quantitative estimate of drug-likeness (QED) is 0.788. The van der Waals surface area contributed by atoms with Crippen molar-refractivity contribution in [3.8, 4) is 0 Å². The highest BCUT2D eigenvalue weighted by atomic mass is 35.5. The standard InChI is InChI=1S/C18H20ClN5O3S/c1-10-8-21-23-15(10)11-3-2-6-24(9-11)28(26,27)17-13-7-12(19)4-5-14(13)22-16(17)18(20)25/h4-5,7-8,10-11,22H,2-3,6,9H2,1H3,(H2,20,25). The van der Waals surface area contributed by atoms with Gasteiger partial charge in [-0.3, -0.25) is 4.79 Å². The lowest BCUT2D eigenvalue weighted by molar-refractivity contribution is 0.0993. The highest BCUT2D eigenvalue weighted by molar-refractivity contribution is 7.89. The summed E-state index contributed by atoms with van der Waals surface area (Å²) in [5, 5.41) is 8.89. The summed E-state index contributed by atoms with van der Waals surface area (Å²) in [6, 6.07) is 4.79. The molecule has 3 N–H and O–H groups in total. The van der Waals surface area contributed by atoms with Crippen molar-refractivity contribution in [3.63, 3.8) is 0 Å². The fourth-order valence-electron chi connectivity index (χ4n) is 3.93. The zero-order chi connectivity index (χ0) is 20.1. The second-order valence-corrected chi connectivity index (χ2v) is 9.47. The van der Waals surface area contributed by atoms with Crippen LogP contribution < -0.4 is 5.73 Å². The van der Waals surface area contributed by atoms with Crippen molar-refractivity contribution in [2.75, 3.05) is 13.1 Å². The monoisotopic (exact) mass is 421 g/mol. The smallest absolute Gasteiger partial charge is 0.266 e. The largest absolute Gasteiger partial charge is 0.364 e. The second-order valence-electron chi connectivity index (χ2n) is 7.16. The fraction of sp³-hybridized carbons (Fsp3) is 0.389. The van der Waals surface area contributed by atoms with Crippen LogP contribution in [0.5, 0.6) is 0 Å². The maximum absolute atomic E-state index is 13.5. The van der Waals surface area contributed by atoms with Crippen LogP contribution in [0.1, 0.15) is 30.3 Å². The van der Waals surface area contributed by atoms with Gasteiger partial charge >= 0.3 is 0 Å². The van der Waals surface area contributed by atoms with Crippen molar-refractivity contribution in [1.82, 2.24) is 9.29 Å². The van der Waals surface area contributed by atoms with Crippen molar-refractivity contribution < 1.29 is 13.2 Å². The molecule has 1 aromatic carbocycles. The van der Waals surface area contributed by atoms with E-state index in [2.05, 4.69) is 15.2 Å². The Hall–Kier alpha value is -2.23. The summed E-state index contributed by atoms with van der Waals surface area (Å²) in [7, 11) is -3.97. The van der Waals surface area contributed by atoms with Gasteiger partial charge in [0.2, 0.25) is 10.0 Å². The van der Waals surface area contributed by atoms with E-state index in [1.165, 1.54) is 10.4 Å². The van der Waals surface area contributed by atoms with Gasteiger partial charge in [0.15, 0.2) is 0 Å². The number of nitrogens with two attached hydrogens (primary N) is 1. The number of piperidine rings is 1. The lowest BCUT2D eigenvalue weighted by Crippen LogP contribution is -2.43. The first-order valence-corrected chi connectivity index (χ1v) is 10.8. The number of sulfonamides is 1. The van der Waals surface area contributed by atoms with Gasteiger partial charge in [-0.1, -0.05) is 18.5 Å². The number of aromatic nitrogens is 1. The molecule has 10 heteroatoms. The zero-order valence-corrected chi connectivity index (χ0v) is 16.8. The Morgan fingerprint density at radius 3 is 2.86 bits per heavy atom. The summed E-state index contributed by atoms with van der Waals surface area (Å²) in [6.07, 6.45) is 3.31. The Balaban J connectivity index is 1.77. The third kappa shape index (κ3) is 3.13. The van der Waals surface area contributed by atoms with E-state index in [-0.39, 0.29) is 22.4 Å². The minimum absolute atomic E-state index is 0.00755. The molecule has 0 saturated carbocycles. The number of nitrogens with zero attached hydrogens (tertiary/aromatic N) is 3. The highest BCUT2D eigenvalue weighted by Gasteiger charge is 2.37. The van der Waals surface area contributed by atoms with Gasteiger partial charge in [-0.25, -0.2) is 8.42 Å². The van der Waals surface area contributed by atoms with Crippen LogP contribution in [0.4, 0.5) is 0 Å². The van der Waals surface area contributed by atoms with E-state index in [0.717, 1.165) is 12.1 Å². The summed E-state index contributed by atoms with van der Waals surface area (Å²) in [6.45, 7) is 2.66. The van der Waals surface area contributed by atoms with Gasteiger partial charge in [0, 0.05) is 47.1 Å². The van der Waals surface area contributed by atoms with E-state index in [1.807, 2.05) is 6.92 Å². The number of amides is 1. The molecule has 0 radical (unpaired) electrons. The number of H-pyrrole nitrogens is 1. The summed E-state index contributed by atoms with van der Waals surface area (Å²) in [5.41, 5.74) is 6.73. The van der Waals surface area contributed by atoms with Crippen molar-refractivity contribution in [3.05, 3.63) is 28.9 Å². The molecular formula is C18H20ClN5O3S. The molecule has 2 atom stereocenters. The van der Waals surface area contributed by atoms with Gasteiger partial charge in [0.05, 0.1) is 5.71 Å². The van der Waals surface area contributed by atoms with Gasteiger partial charge in [0.1, 0.15) is 10.6 Å². The Morgan fingerprint density at radius 2 is 2.18 bits per heavy atom. The van der Waals surface area contributed by atoms with E-state index >= 15 is 0 Å². The van der Waals surface area contributed by atoms with Crippen LogP contribution in [0.2, 0.25) is 5.02 Å². The molecule has 0 aliphatic carbocycles. The van der Waals surface area contributed by atoms with Gasteiger partial charge in [-0.05, 0) is 31.0 Å². The lowest BCUT2D eigenvalue weighted by atomic mass is 9.88. The molecule has 3 heterocycles. The topological polar surface area (TPSA) is 121 Å². The summed E-state index contributed by atoms with van der Waals surface area (Å²) < 4.78 is 28.5. The average molecular weight is 422 g/mol. The minimum atomic E-state index is -3.97. The van der Waals surface area contributed by atoms with Crippen LogP contribution in [0.15, 0.2) is 33.3 Å². The Bertz CT molecular complexity index is 1120. The maximum atomic E-state index is 13.5. The second kappa shape index (κ2) is 6.98. The van der Waals surface area contributed by atoms with Crippen molar-refractivity contribution in [1.29, 1.82) is 0 Å². The highest BCUT2D eigenvalue weighted by Crippen LogP contribution is 2.34. The number of carbonyl (C=O) groups excluding carboxylic acids is 1. The van der Waals surface area contributed by atoms with Gasteiger partial charge in [-0.15, -0.1) is 0 Å². The van der Waals surface area contributed by atoms with E-state index in [4.69, 9.17) is 17.3 Å². The SMILES string of the molecule is CC1C=NN=C1C1CCCN(S(=O)(=O)c2c(C(N)=O)[nH]c3ccc(Cl)cc23)C1. The molecule has 2 unspecified atom stereocenters. The molecular weight excluding hydrogens is 402 g/mol. The number of benzene rings is 1. The van der Waals surface area contributed by atoms with Gasteiger partial charge in [0.25, 0.3) is 5.91 Å². The number of nitrogens with one attached hydrogen (secondary N) is 1. The number of rotatable bonds is 4. The molecule has 4 rings (SSSR count). The zero-order valence-electron chi connectivity index (χ0n) is 15.2. The van der Waals surface area contributed by atoms with Crippen LogP contribution >= 0.6 is 11.6 Å². The van der Waals surface area contributed by atoms with E-state index in [9.17, 15) is 13.2 Å². The maximum Gasteiger partial charge on any atom is 0.266 e.